The maximum absolute atomic E-state index is 11.7. The number of para-hydroxylation sites is 2. The van der Waals surface area contributed by atoms with Gasteiger partial charge in [-0.05, 0) is 250 Å². The lowest BCUT2D eigenvalue weighted by molar-refractivity contribution is -0.144. The zero-order chi connectivity index (χ0) is 98.2. The highest BCUT2D eigenvalue weighted by Crippen LogP contribution is 2.28. The number of likely N-dealkylation sites (N-methyl/N-ethyl adjacent to an activating group) is 1. The van der Waals surface area contributed by atoms with Crippen molar-refractivity contribution in [2.24, 2.45) is 0 Å². The van der Waals surface area contributed by atoms with Crippen molar-refractivity contribution in [3.05, 3.63) is 372 Å². The van der Waals surface area contributed by atoms with Crippen LogP contribution in [0.2, 0.25) is 5.02 Å². The van der Waals surface area contributed by atoms with Crippen molar-refractivity contribution in [3.63, 3.8) is 0 Å². The van der Waals surface area contributed by atoms with Crippen molar-refractivity contribution >= 4 is 47.1 Å². The molecule has 0 spiro atoms. The van der Waals surface area contributed by atoms with Crippen LogP contribution in [0.5, 0.6) is 0 Å². The third-order valence-corrected chi connectivity index (χ3v) is 22.1. The Morgan fingerprint density at radius 2 is 0.722 bits per heavy atom. The molecule has 11 aromatic rings. The molecule has 1 heterocycles. The van der Waals surface area contributed by atoms with E-state index >= 15 is 0 Å². The Morgan fingerprint density at radius 3 is 1.09 bits per heavy atom. The number of carbonyl (C=O) groups is 4. The van der Waals surface area contributed by atoms with Crippen molar-refractivity contribution < 1.29 is 38.1 Å². The number of anilines is 2. The predicted octanol–water partition coefficient (Wildman–Crippen LogP) is 32.3. The van der Waals surface area contributed by atoms with E-state index in [-0.39, 0.29) is 26.0 Å². The van der Waals surface area contributed by atoms with E-state index < -0.39 is 12.2 Å². The number of halogens is 1. The quantitative estimate of drug-likeness (QED) is 0.0341. The summed E-state index contributed by atoms with van der Waals surface area (Å²) in [6.45, 7) is 60.7. The first-order chi connectivity index (χ1) is 62.8. The number of amides is 2. The van der Waals surface area contributed by atoms with E-state index in [4.69, 9.17) is 30.5 Å². The summed E-state index contributed by atoms with van der Waals surface area (Å²) in [5, 5.41) is 6.10. The van der Waals surface area contributed by atoms with Crippen LogP contribution in [0.25, 0.3) is 0 Å². The maximum Gasteiger partial charge on any atom is 0.411 e. The van der Waals surface area contributed by atoms with Gasteiger partial charge in [0.25, 0.3) is 0 Å². The number of esters is 2. The second kappa shape index (κ2) is 66.4. The molecule has 0 aliphatic rings. The fraction of sp³-hybridized carbons (Fsp3) is 0.420. The van der Waals surface area contributed by atoms with Crippen molar-refractivity contribution in [2.75, 3.05) is 51.0 Å². The number of rotatable bonds is 29. The minimum absolute atomic E-state index is 0. The molecule has 1 aromatic heterocycles. The molecule has 0 saturated carbocycles. The Hall–Kier alpha value is -11.0. The molecule has 133 heavy (non-hydrogen) atoms. The highest BCUT2D eigenvalue weighted by atomic mass is 35.5. The summed E-state index contributed by atoms with van der Waals surface area (Å²) < 4.78 is 20.3. The average Bonchev–Trinajstić information content (AvgIpc) is 0.843. The third kappa shape index (κ3) is 49.0. The first-order valence-electron chi connectivity index (χ1n) is 47.8. The van der Waals surface area contributed by atoms with Crippen molar-refractivity contribution in [1.82, 2.24) is 14.8 Å². The van der Waals surface area contributed by atoms with Gasteiger partial charge in [-0.2, -0.15) is 0 Å². The molecule has 722 valence electrons. The van der Waals surface area contributed by atoms with Crippen molar-refractivity contribution in [1.29, 1.82) is 0 Å². The van der Waals surface area contributed by atoms with Crippen molar-refractivity contribution in [2.45, 2.75) is 293 Å². The van der Waals surface area contributed by atoms with Crippen LogP contribution < -0.4 is 10.6 Å². The number of aromatic nitrogens is 1. The molecule has 13 nitrogen and oxygen atoms in total. The predicted molar refractivity (Wildman–Crippen MR) is 568 cm³/mol. The standard InChI is InChI=1S/C18H21NO2.C17H19NO2.C15H23NO2.C13H21N.C13H20.C12H16O2.2C11H16.C8H10ClN.CH4/c1-14(2)16-8-6-7-15(13-16)11-12-21-18(20)19-17-9-4-3-5-10-17;1-13(2)15-8-6-7-14(11-15)12-20-17(19)18-16-9-4-3-5-10-16;1-5-18-15(17)11-16(4)10-13-7-6-8-14(9-13)12(2)3;1-5-14(4)10-12-7-6-8-13(9-12)11(2)3;1-5-11-8-7-9-12(6-2)13(11)10(3)4;1-9(2)12-6-4-5-11(7-12)8-14-10(3)13;1-8(2)11-9(3)6-5-7-10(11)4;1-4-10-7-5-6-8-11(10)9(2)3;1-6(2)7-3-8(9)5-10-4-7;/h3-10,13-14H,11-12H2,1-2H3,(H,19,20);3-11,13H,12H2,1-2H3,(H,18,19);6-9,12H,5,10-11H2,1-4H3;6-9,11H,5,10H2,1-4H3;7-10H,5-6H2,1-4H3;4-7,9H,8H2,1-3H3;5-8H,1-4H3;5-9H,4H2,1-3H3;3-6H,1-2H3;1H4. The number of benzene rings is 10. The second-order valence-electron chi connectivity index (χ2n) is 36.1. The number of hydrogen-bond acceptors (Lipinski definition) is 11. The number of hydrogen-bond donors (Lipinski definition) is 2. The molecule has 0 aliphatic heterocycles. The van der Waals surface area contributed by atoms with E-state index in [0.29, 0.717) is 84.6 Å². The van der Waals surface area contributed by atoms with Gasteiger partial charge in [0.2, 0.25) is 0 Å². The van der Waals surface area contributed by atoms with Crippen LogP contribution in [0.1, 0.15) is 333 Å². The largest absolute Gasteiger partial charge is 0.465 e. The van der Waals surface area contributed by atoms with E-state index in [1.54, 1.807) is 11.8 Å². The molecule has 11 rings (SSSR count). The van der Waals surface area contributed by atoms with Gasteiger partial charge in [0, 0.05) is 50.2 Å². The van der Waals surface area contributed by atoms with Gasteiger partial charge in [-0.3, -0.25) is 30.1 Å². The summed E-state index contributed by atoms with van der Waals surface area (Å²) in [5.74, 6) is 4.70. The van der Waals surface area contributed by atoms with E-state index in [2.05, 4.69) is 351 Å². The van der Waals surface area contributed by atoms with Crippen LogP contribution in [0, 0.1) is 13.8 Å². The van der Waals surface area contributed by atoms with Gasteiger partial charge in [-0.1, -0.05) is 390 Å². The highest BCUT2D eigenvalue weighted by molar-refractivity contribution is 6.30. The molecular weight excluding hydrogens is 1660 g/mol. The normalized spacial score (nSPS) is 10.6. The smallest absolute Gasteiger partial charge is 0.411 e. The number of pyridine rings is 1. The number of ether oxygens (including phenoxy) is 4. The fourth-order valence-corrected chi connectivity index (χ4v) is 14.6. The van der Waals surface area contributed by atoms with Gasteiger partial charge >= 0.3 is 24.1 Å². The Bertz CT molecular complexity index is 5010. The number of nitrogens with one attached hydrogen (secondary N) is 2. The Morgan fingerprint density at radius 1 is 0.361 bits per heavy atom. The number of carbonyl (C=O) groups excluding carboxylic acids is 4. The summed E-state index contributed by atoms with van der Waals surface area (Å²) >= 11 is 5.73. The molecule has 0 saturated heterocycles. The molecule has 0 aliphatic carbocycles. The first-order valence-corrected chi connectivity index (χ1v) is 48.1. The van der Waals surface area contributed by atoms with E-state index in [0.717, 1.165) is 67.8 Å². The fourth-order valence-electron chi connectivity index (χ4n) is 14.4. The van der Waals surface area contributed by atoms with Gasteiger partial charge in [-0.25, -0.2) is 9.59 Å². The van der Waals surface area contributed by atoms with E-state index in [1.807, 2.05) is 116 Å². The summed E-state index contributed by atoms with van der Waals surface area (Å²) in [5.41, 5.74) is 27.1. The molecule has 0 radical (unpaired) electrons. The van der Waals surface area contributed by atoms with Crippen LogP contribution in [0.15, 0.2) is 261 Å². The topological polar surface area (TPSA) is 149 Å². The lowest BCUT2D eigenvalue weighted by atomic mass is 9.90. The molecule has 14 heteroatoms. The highest BCUT2D eigenvalue weighted by Gasteiger charge is 2.14. The van der Waals surface area contributed by atoms with Gasteiger partial charge in [-0.15, -0.1) is 0 Å². The van der Waals surface area contributed by atoms with Gasteiger partial charge in [0.1, 0.15) is 13.2 Å². The van der Waals surface area contributed by atoms with Crippen LogP contribution in [0.4, 0.5) is 21.0 Å². The lowest BCUT2D eigenvalue weighted by Gasteiger charge is -2.16. The maximum atomic E-state index is 11.7. The third-order valence-electron chi connectivity index (χ3n) is 21.9. The Kier molecular flexibility index (Phi) is 59.0. The zero-order valence-corrected chi connectivity index (χ0v) is 86.2. The molecule has 0 unspecified atom stereocenters. The zero-order valence-electron chi connectivity index (χ0n) is 85.5. The molecular formula is C119H166ClN5O8. The number of aryl methyl sites for hydroxylation is 5. The molecule has 0 atom stereocenters. The summed E-state index contributed by atoms with van der Waals surface area (Å²) in [7, 11) is 4.08. The van der Waals surface area contributed by atoms with E-state index in [1.165, 1.54) is 95.9 Å². The Balaban J connectivity index is 0.000000511. The second-order valence-corrected chi connectivity index (χ2v) is 36.6. The van der Waals surface area contributed by atoms with Crippen LogP contribution in [-0.2, 0) is 80.5 Å². The summed E-state index contributed by atoms with van der Waals surface area (Å²) in [6, 6.07) is 84.4. The monoisotopic (exact) mass is 1830 g/mol. The van der Waals surface area contributed by atoms with Crippen LogP contribution >= 0.6 is 11.6 Å². The van der Waals surface area contributed by atoms with Crippen LogP contribution in [-0.4, -0.2) is 79.3 Å². The molecule has 0 bridgehead atoms. The molecule has 10 aromatic carbocycles. The van der Waals surface area contributed by atoms with E-state index in [9.17, 15) is 19.2 Å². The minimum atomic E-state index is -0.439. The van der Waals surface area contributed by atoms with Gasteiger partial charge in [0.15, 0.2) is 0 Å². The van der Waals surface area contributed by atoms with Gasteiger partial charge in [0.05, 0.1) is 24.8 Å². The first kappa shape index (κ1) is 118. The minimum Gasteiger partial charge on any atom is -0.465 e. The SMILES string of the molecule is C.CC(=O)OCc1cccc(C(C)C)c1.CC(C)c1cccc(CCOC(=O)Nc2ccccc2)c1.CC(C)c1cccc(COC(=O)Nc2ccccc2)c1.CC(C)c1cncc(Cl)c1.CCN(C)Cc1cccc(C(C)C)c1.CCOC(=O)CN(C)Cc1cccc(C(C)C)c1.CCc1cccc(CC)c1C(C)C.CCc1ccccc1C(C)C.Cc1cccc(C)c1C(C)C. The van der Waals surface area contributed by atoms with Crippen molar-refractivity contribution in [3.8, 4) is 0 Å². The average molecular weight is 1830 g/mol. The Labute approximate surface area is 810 Å². The molecule has 0 fully saturated rings. The molecule has 2 amide bonds. The summed E-state index contributed by atoms with van der Waals surface area (Å²) in [4.78, 5) is 53.5. The number of nitrogens with zero attached hydrogens (tertiary/aromatic N) is 3. The summed E-state index contributed by atoms with van der Waals surface area (Å²) in [6.07, 6.45) is 6.82. The molecule has 2 N–H and O–H groups in total. The van der Waals surface area contributed by atoms with Gasteiger partial charge < -0.3 is 23.8 Å². The van der Waals surface area contributed by atoms with Crippen LogP contribution in [0.3, 0.4) is 0 Å². The lowest BCUT2D eigenvalue weighted by Crippen LogP contribution is -2.27.